The third kappa shape index (κ3) is 2.96. The maximum Gasteiger partial charge on any atom is 0.296 e. The van der Waals surface area contributed by atoms with Gasteiger partial charge in [-0.2, -0.15) is 0 Å². The zero-order valence-electron chi connectivity index (χ0n) is 10.9. The van der Waals surface area contributed by atoms with Gasteiger partial charge in [0.1, 0.15) is 11.4 Å². The minimum Gasteiger partial charge on any atom is -0.496 e. The van der Waals surface area contributed by atoms with Crippen LogP contribution in [0.5, 0.6) is 5.75 Å². The molecule has 1 heterocycles. The summed E-state index contributed by atoms with van der Waals surface area (Å²) in [5, 5.41) is 20.1. The van der Waals surface area contributed by atoms with E-state index in [1.54, 1.807) is 12.1 Å². The Hall–Kier alpha value is -1.82. The van der Waals surface area contributed by atoms with Crippen LogP contribution in [0.25, 0.3) is 0 Å². The van der Waals surface area contributed by atoms with Gasteiger partial charge in [-0.25, -0.2) is 0 Å². The van der Waals surface area contributed by atoms with E-state index in [0.717, 1.165) is 25.9 Å². The topological polar surface area (TPSA) is 75.8 Å². The van der Waals surface area contributed by atoms with E-state index in [4.69, 9.17) is 9.84 Å². The third-order valence-electron chi connectivity index (χ3n) is 3.54. The number of aliphatic hydroxyl groups is 1. The number of hydrogen-bond acceptors (Lipinski definition) is 5. The molecule has 2 rings (SSSR count). The second kappa shape index (κ2) is 5.88. The summed E-state index contributed by atoms with van der Waals surface area (Å²) >= 11 is 0. The number of methoxy groups -OCH3 is 1. The molecule has 1 saturated heterocycles. The molecular formula is C13H18N2O4. The molecule has 0 aromatic heterocycles. The van der Waals surface area contributed by atoms with E-state index in [1.165, 1.54) is 13.2 Å². The highest BCUT2D eigenvalue weighted by molar-refractivity contribution is 5.66. The van der Waals surface area contributed by atoms with Crippen molar-refractivity contribution in [1.82, 2.24) is 0 Å². The van der Waals surface area contributed by atoms with Crippen LogP contribution >= 0.6 is 0 Å². The molecular weight excluding hydrogens is 248 g/mol. The number of hydrogen-bond donors (Lipinski definition) is 1. The quantitative estimate of drug-likeness (QED) is 0.649. The summed E-state index contributed by atoms with van der Waals surface area (Å²) in [5.74, 6) is 0.897. The summed E-state index contributed by atoms with van der Waals surface area (Å²) in [5.41, 5.74) is 0.704. The second-order valence-corrected chi connectivity index (χ2v) is 4.72. The number of benzene rings is 1. The minimum atomic E-state index is -0.378. The van der Waals surface area contributed by atoms with Gasteiger partial charge in [0, 0.05) is 19.7 Å². The molecule has 6 heteroatoms. The molecule has 0 spiro atoms. The maximum atomic E-state index is 11.1. The van der Waals surface area contributed by atoms with Crippen LogP contribution in [-0.4, -0.2) is 36.8 Å². The number of aliphatic hydroxyl groups excluding tert-OH is 1. The van der Waals surface area contributed by atoms with Gasteiger partial charge < -0.3 is 14.7 Å². The van der Waals surface area contributed by atoms with Crippen molar-refractivity contribution in [3.8, 4) is 5.75 Å². The van der Waals surface area contributed by atoms with Gasteiger partial charge in [0.15, 0.2) is 0 Å². The van der Waals surface area contributed by atoms with Crippen LogP contribution in [0.1, 0.15) is 12.8 Å². The second-order valence-electron chi connectivity index (χ2n) is 4.72. The van der Waals surface area contributed by atoms with Crippen molar-refractivity contribution in [2.45, 2.75) is 12.8 Å². The van der Waals surface area contributed by atoms with Gasteiger partial charge in [0.2, 0.25) is 0 Å². The summed E-state index contributed by atoms with van der Waals surface area (Å²) in [4.78, 5) is 12.8. The van der Waals surface area contributed by atoms with E-state index < -0.39 is 0 Å². The van der Waals surface area contributed by atoms with Gasteiger partial charge in [-0.3, -0.25) is 10.1 Å². The molecule has 104 valence electrons. The van der Waals surface area contributed by atoms with Crippen molar-refractivity contribution in [1.29, 1.82) is 0 Å². The highest BCUT2D eigenvalue weighted by Gasteiger charge is 2.27. The first-order valence-corrected chi connectivity index (χ1v) is 6.34. The summed E-state index contributed by atoms with van der Waals surface area (Å²) < 4.78 is 5.03. The van der Waals surface area contributed by atoms with Crippen molar-refractivity contribution in [2.75, 3.05) is 31.7 Å². The van der Waals surface area contributed by atoms with Crippen molar-refractivity contribution in [3.05, 3.63) is 28.3 Å². The maximum absolute atomic E-state index is 11.1. The molecule has 1 aromatic carbocycles. The molecule has 1 aromatic rings. The average Bonchev–Trinajstić information content (AvgIpc) is 2.87. The highest BCUT2D eigenvalue weighted by atomic mass is 16.6. The molecule has 1 atom stereocenters. The van der Waals surface area contributed by atoms with Gasteiger partial charge in [0.25, 0.3) is 5.69 Å². The normalized spacial score (nSPS) is 18.6. The summed E-state index contributed by atoms with van der Waals surface area (Å²) in [6.07, 6.45) is 1.71. The number of ether oxygens (including phenoxy) is 1. The molecule has 6 nitrogen and oxygen atoms in total. The van der Waals surface area contributed by atoms with E-state index in [0.29, 0.717) is 17.4 Å². The fourth-order valence-electron chi connectivity index (χ4n) is 2.51. The van der Waals surface area contributed by atoms with Gasteiger partial charge >= 0.3 is 0 Å². The molecule has 19 heavy (non-hydrogen) atoms. The summed E-state index contributed by atoms with van der Waals surface area (Å²) in [7, 11) is 1.49. The third-order valence-corrected chi connectivity index (χ3v) is 3.54. The fraction of sp³-hybridized carbons (Fsp3) is 0.538. The van der Waals surface area contributed by atoms with Gasteiger partial charge in [-0.15, -0.1) is 0 Å². The van der Waals surface area contributed by atoms with E-state index in [9.17, 15) is 10.1 Å². The first-order chi connectivity index (χ1) is 9.15. The summed E-state index contributed by atoms with van der Waals surface area (Å²) in [6.45, 7) is 1.72. The van der Waals surface area contributed by atoms with Crippen LogP contribution in [-0.2, 0) is 0 Å². The number of nitrogens with zero attached hydrogens (tertiary/aromatic N) is 2. The first-order valence-electron chi connectivity index (χ1n) is 6.34. The van der Waals surface area contributed by atoms with E-state index in [-0.39, 0.29) is 17.2 Å². The minimum absolute atomic E-state index is 0.0731. The number of nitro groups is 1. The largest absolute Gasteiger partial charge is 0.496 e. The predicted molar refractivity (Wildman–Crippen MR) is 71.7 cm³/mol. The van der Waals surface area contributed by atoms with Crippen LogP contribution < -0.4 is 9.64 Å². The smallest absolute Gasteiger partial charge is 0.296 e. The molecule has 1 aliphatic heterocycles. The molecule has 0 aliphatic carbocycles. The van der Waals surface area contributed by atoms with Crippen LogP contribution in [0.3, 0.4) is 0 Å². The van der Waals surface area contributed by atoms with Crippen LogP contribution in [0, 0.1) is 16.0 Å². The Morgan fingerprint density at radius 3 is 3.00 bits per heavy atom. The zero-order valence-corrected chi connectivity index (χ0v) is 10.9. The Morgan fingerprint density at radius 2 is 2.37 bits per heavy atom. The lowest BCUT2D eigenvalue weighted by Crippen LogP contribution is -2.21. The number of anilines is 1. The average molecular weight is 266 g/mol. The predicted octanol–water partition coefficient (Wildman–Crippen LogP) is 1.81. The molecule has 1 aliphatic rings. The number of rotatable bonds is 5. The van der Waals surface area contributed by atoms with Crippen LogP contribution in [0.15, 0.2) is 18.2 Å². The zero-order chi connectivity index (χ0) is 13.8. The Bertz CT molecular complexity index is 464. The van der Waals surface area contributed by atoms with Gasteiger partial charge in [-0.1, -0.05) is 0 Å². The summed E-state index contributed by atoms with van der Waals surface area (Å²) in [6, 6.07) is 4.93. The Morgan fingerprint density at radius 1 is 1.58 bits per heavy atom. The van der Waals surface area contributed by atoms with E-state index >= 15 is 0 Å². The first kappa shape index (κ1) is 13.6. The standard InChI is InChI=1S/C13H18N2O4/c1-19-11-2-3-12(13(8-11)15(17)18)14-6-4-10(9-14)5-7-16/h2-3,8,10,16H,4-7,9H2,1H3. The molecule has 0 saturated carbocycles. The molecule has 1 N–H and O–H groups in total. The monoisotopic (exact) mass is 266 g/mol. The molecule has 0 amide bonds. The molecule has 0 bridgehead atoms. The van der Waals surface area contributed by atoms with Crippen molar-refractivity contribution >= 4 is 11.4 Å². The molecule has 1 fully saturated rings. The van der Waals surface area contributed by atoms with Crippen molar-refractivity contribution in [3.63, 3.8) is 0 Å². The van der Waals surface area contributed by atoms with Crippen molar-refractivity contribution < 1.29 is 14.8 Å². The van der Waals surface area contributed by atoms with Gasteiger partial charge in [0.05, 0.1) is 18.1 Å². The Balaban J connectivity index is 2.22. The highest BCUT2D eigenvalue weighted by Crippen LogP contribution is 2.35. The van der Waals surface area contributed by atoms with Gasteiger partial charge in [-0.05, 0) is 30.9 Å². The lowest BCUT2D eigenvalue weighted by Gasteiger charge is -2.18. The van der Waals surface area contributed by atoms with E-state index in [1.807, 2.05) is 4.90 Å². The number of nitro benzene ring substituents is 1. The lowest BCUT2D eigenvalue weighted by atomic mass is 10.1. The fourth-order valence-corrected chi connectivity index (χ4v) is 2.51. The molecule has 0 radical (unpaired) electrons. The van der Waals surface area contributed by atoms with Crippen LogP contribution in [0.2, 0.25) is 0 Å². The Labute approximate surface area is 111 Å². The van der Waals surface area contributed by atoms with E-state index in [2.05, 4.69) is 0 Å². The Kier molecular flexibility index (Phi) is 4.21. The lowest BCUT2D eigenvalue weighted by molar-refractivity contribution is -0.384. The molecule has 1 unspecified atom stereocenters. The SMILES string of the molecule is COc1ccc(N2CCC(CCO)C2)c([N+](=O)[O-])c1. The van der Waals surface area contributed by atoms with Crippen molar-refractivity contribution in [2.24, 2.45) is 5.92 Å². The van der Waals surface area contributed by atoms with Crippen LogP contribution in [0.4, 0.5) is 11.4 Å².